The maximum absolute atomic E-state index is 5.71. The van der Waals surface area contributed by atoms with Gasteiger partial charge in [-0.15, -0.1) is 0 Å². The van der Waals surface area contributed by atoms with E-state index in [0.717, 1.165) is 25.3 Å². The number of fused-ring (bicyclic) bond motifs is 1. The predicted molar refractivity (Wildman–Crippen MR) is 79.0 cm³/mol. The Hall–Kier alpha value is -1.81. The Balaban J connectivity index is 1.77. The van der Waals surface area contributed by atoms with Gasteiger partial charge in [-0.2, -0.15) is 5.10 Å². The van der Waals surface area contributed by atoms with Gasteiger partial charge in [0.15, 0.2) is 0 Å². The van der Waals surface area contributed by atoms with Crippen LogP contribution in [0.25, 0.3) is 0 Å². The van der Waals surface area contributed by atoms with Gasteiger partial charge >= 0.3 is 0 Å². The number of nitrogens with one attached hydrogen (secondary N) is 1. The smallest absolute Gasteiger partial charge is 0.122 e. The van der Waals surface area contributed by atoms with Crippen LogP contribution in [-0.4, -0.2) is 23.4 Å². The molecule has 1 aromatic heterocycles. The topological polar surface area (TPSA) is 39.1 Å². The minimum atomic E-state index is 0.339. The summed E-state index contributed by atoms with van der Waals surface area (Å²) in [5, 5.41) is 7.73. The van der Waals surface area contributed by atoms with Crippen molar-refractivity contribution in [2.75, 3.05) is 13.7 Å². The Morgan fingerprint density at radius 3 is 3.15 bits per heavy atom. The van der Waals surface area contributed by atoms with E-state index in [-0.39, 0.29) is 0 Å². The van der Waals surface area contributed by atoms with Crippen molar-refractivity contribution in [3.63, 3.8) is 0 Å². The molecule has 106 valence electrons. The Bertz CT molecular complexity index is 579. The third-order valence-corrected chi connectivity index (χ3v) is 4.08. The Labute approximate surface area is 119 Å². The van der Waals surface area contributed by atoms with E-state index in [2.05, 4.69) is 46.4 Å². The molecular weight excluding hydrogens is 250 g/mol. The predicted octanol–water partition coefficient (Wildman–Crippen LogP) is 2.73. The molecule has 0 saturated carbocycles. The third kappa shape index (κ3) is 2.56. The summed E-state index contributed by atoms with van der Waals surface area (Å²) in [6.07, 6.45) is 5.14. The van der Waals surface area contributed by atoms with Gasteiger partial charge in [-0.05, 0) is 32.0 Å². The first-order valence-electron chi connectivity index (χ1n) is 7.19. The van der Waals surface area contributed by atoms with Crippen LogP contribution < -0.4 is 10.1 Å². The zero-order valence-electron chi connectivity index (χ0n) is 12.0. The van der Waals surface area contributed by atoms with Crippen LogP contribution in [0, 0.1) is 0 Å². The number of ether oxygens (including phenoxy) is 1. The number of benzene rings is 1. The second kappa shape index (κ2) is 5.67. The van der Waals surface area contributed by atoms with Crippen molar-refractivity contribution in [2.45, 2.75) is 31.8 Å². The average Bonchev–Trinajstić information content (AvgIpc) is 2.95. The normalized spacial score (nSPS) is 19.2. The first kappa shape index (κ1) is 13.2. The Morgan fingerprint density at radius 1 is 1.45 bits per heavy atom. The molecule has 2 atom stereocenters. The molecule has 1 aromatic carbocycles. The van der Waals surface area contributed by atoms with Gasteiger partial charge in [0.25, 0.3) is 0 Å². The SMILES string of the molecule is CNC(C)c1cnn(CC2CCOc3ccccc32)c1. The van der Waals surface area contributed by atoms with Gasteiger partial charge in [0, 0.05) is 30.3 Å². The van der Waals surface area contributed by atoms with Gasteiger partial charge < -0.3 is 10.1 Å². The summed E-state index contributed by atoms with van der Waals surface area (Å²) in [6, 6.07) is 8.67. The number of hydrogen-bond donors (Lipinski definition) is 1. The molecule has 3 rings (SSSR count). The van der Waals surface area contributed by atoms with Crippen molar-refractivity contribution in [2.24, 2.45) is 0 Å². The zero-order valence-corrected chi connectivity index (χ0v) is 12.0. The minimum Gasteiger partial charge on any atom is -0.493 e. The fraction of sp³-hybridized carbons (Fsp3) is 0.438. The van der Waals surface area contributed by atoms with Crippen LogP contribution in [0.4, 0.5) is 0 Å². The molecule has 4 nitrogen and oxygen atoms in total. The van der Waals surface area contributed by atoms with Crippen molar-refractivity contribution in [1.29, 1.82) is 0 Å². The highest BCUT2D eigenvalue weighted by molar-refractivity contribution is 5.37. The fourth-order valence-corrected chi connectivity index (χ4v) is 2.70. The van der Waals surface area contributed by atoms with Crippen LogP contribution in [0.3, 0.4) is 0 Å². The summed E-state index contributed by atoms with van der Waals surface area (Å²) in [7, 11) is 1.97. The highest BCUT2D eigenvalue weighted by atomic mass is 16.5. The lowest BCUT2D eigenvalue weighted by atomic mass is 9.93. The number of hydrogen-bond acceptors (Lipinski definition) is 3. The first-order chi connectivity index (χ1) is 9.78. The van der Waals surface area contributed by atoms with Gasteiger partial charge in [0.05, 0.1) is 12.8 Å². The van der Waals surface area contributed by atoms with Crippen LogP contribution in [0.5, 0.6) is 5.75 Å². The summed E-state index contributed by atoms with van der Waals surface area (Å²) in [5.74, 6) is 1.51. The van der Waals surface area contributed by atoms with Gasteiger partial charge in [-0.25, -0.2) is 0 Å². The largest absolute Gasteiger partial charge is 0.493 e. The quantitative estimate of drug-likeness (QED) is 0.929. The molecule has 0 radical (unpaired) electrons. The van der Waals surface area contributed by atoms with Gasteiger partial charge in [0.1, 0.15) is 5.75 Å². The standard InChI is InChI=1S/C16H21N3O/c1-12(17-2)14-9-18-19(11-14)10-13-7-8-20-16-6-4-3-5-15(13)16/h3-6,9,11-13,17H,7-8,10H2,1-2H3. The van der Waals surface area contributed by atoms with Crippen molar-refractivity contribution in [3.8, 4) is 5.75 Å². The van der Waals surface area contributed by atoms with Crippen molar-refractivity contribution in [3.05, 3.63) is 47.8 Å². The summed E-state index contributed by atoms with van der Waals surface area (Å²) < 4.78 is 7.76. The zero-order chi connectivity index (χ0) is 13.9. The lowest BCUT2D eigenvalue weighted by molar-refractivity contribution is 0.256. The minimum absolute atomic E-state index is 0.339. The van der Waals surface area contributed by atoms with Crippen LogP contribution in [0.2, 0.25) is 0 Å². The number of para-hydroxylation sites is 1. The molecule has 1 N–H and O–H groups in total. The van der Waals surface area contributed by atoms with E-state index in [0.29, 0.717) is 12.0 Å². The molecule has 2 heterocycles. The van der Waals surface area contributed by atoms with E-state index >= 15 is 0 Å². The van der Waals surface area contributed by atoms with Crippen LogP contribution in [-0.2, 0) is 6.54 Å². The molecule has 0 aliphatic carbocycles. The summed E-state index contributed by atoms with van der Waals surface area (Å²) in [6.45, 7) is 3.85. The molecule has 1 aliphatic rings. The maximum atomic E-state index is 5.71. The third-order valence-electron chi connectivity index (χ3n) is 4.08. The molecule has 0 spiro atoms. The lowest BCUT2D eigenvalue weighted by Gasteiger charge is -2.25. The van der Waals surface area contributed by atoms with E-state index in [1.807, 2.05) is 19.3 Å². The van der Waals surface area contributed by atoms with Gasteiger partial charge in [0.2, 0.25) is 0 Å². The Kier molecular flexibility index (Phi) is 3.74. The molecule has 0 bridgehead atoms. The number of rotatable bonds is 4. The molecule has 0 amide bonds. The van der Waals surface area contributed by atoms with Crippen LogP contribution in [0.1, 0.15) is 36.4 Å². The summed E-state index contributed by atoms with van der Waals surface area (Å²) in [5.41, 5.74) is 2.53. The molecule has 0 saturated heterocycles. The molecular formula is C16H21N3O. The van der Waals surface area contributed by atoms with E-state index in [1.165, 1.54) is 11.1 Å². The summed E-state index contributed by atoms with van der Waals surface area (Å²) in [4.78, 5) is 0. The molecule has 20 heavy (non-hydrogen) atoms. The fourth-order valence-electron chi connectivity index (χ4n) is 2.70. The second-order valence-corrected chi connectivity index (χ2v) is 5.38. The molecule has 0 fully saturated rings. The molecule has 4 heteroatoms. The van der Waals surface area contributed by atoms with E-state index < -0.39 is 0 Å². The molecule has 2 unspecified atom stereocenters. The van der Waals surface area contributed by atoms with Gasteiger partial charge in [-0.1, -0.05) is 18.2 Å². The van der Waals surface area contributed by atoms with Crippen LogP contribution in [0.15, 0.2) is 36.7 Å². The van der Waals surface area contributed by atoms with Crippen molar-refractivity contribution >= 4 is 0 Å². The van der Waals surface area contributed by atoms with Crippen molar-refractivity contribution < 1.29 is 4.74 Å². The van der Waals surface area contributed by atoms with E-state index in [4.69, 9.17) is 4.74 Å². The maximum Gasteiger partial charge on any atom is 0.122 e. The van der Waals surface area contributed by atoms with E-state index in [9.17, 15) is 0 Å². The summed E-state index contributed by atoms with van der Waals surface area (Å²) >= 11 is 0. The van der Waals surface area contributed by atoms with Gasteiger partial charge in [-0.3, -0.25) is 4.68 Å². The lowest BCUT2D eigenvalue weighted by Crippen LogP contribution is -2.18. The first-order valence-corrected chi connectivity index (χ1v) is 7.19. The Morgan fingerprint density at radius 2 is 2.30 bits per heavy atom. The highest BCUT2D eigenvalue weighted by Gasteiger charge is 2.21. The van der Waals surface area contributed by atoms with Crippen molar-refractivity contribution in [1.82, 2.24) is 15.1 Å². The van der Waals surface area contributed by atoms with E-state index in [1.54, 1.807) is 0 Å². The van der Waals surface area contributed by atoms with Crippen LogP contribution >= 0.6 is 0 Å². The monoisotopic (exact) mass is 271 g/mol. The average molecular weight is 271 g/mol. The molecule has 1 aliphatic heterocycles. The highest BCUT2D eigenvalue weighted by Crippen LogP contribution is 2.34. The number of nitrogens with zero attached hydrogens (tertiary/aromatic N) is 2. The second-order valence-electron chi connectivity index (χ2n) is 5.38. The molecule has 2 aromatic rings. The number of aromatic nitrogens is 2.